The molecule has 31 heavy (non-hydrogen) atoms. The van der Waals surface area contributed by atoms with E-state index in [0.717, 1.165) is 27.5 Å². The van der Waals surface area contributed by atoms with Crippen LogP contribution >= 0.6 is 46.8 Å². The van der Waals surface area contributed by atoms with Crippen molar-refractivity contribution in [2.45, 2.75) is 0 Å². The number of rotatable bonds is 3. The van der Waals surface area contributed by atoms with E-state index in [1.165, 1.54) is 11.3 Å². The van der Waals surface area contributed by atoms with E-state index >= 15 is 0 Å². The number of benzene rings is 2. The number of pyridine rings is 1. The van der Waals surface area contributed by atoms with Crippen molar-refractivity contribution < 1.29 is 5.11 Å². The summed E-state index contributed by atoms with van der Waals surface area (Å²) < 4.78 is 0.521. The van der Waals surface area contributed by atoms with Crippen molar-refractivity contribution in [3.05, 3.63) is 89.7 Å². The van der Waals surface area contributed by atoms with Gasteiger partial charge in [-0.05, 0) is 59.9 Å². The lowest BCUT2D eigenvalue weighted by Crippen LogP contribution is -2.07. The molecule has 5 rings (SSSR count). The van der Waals surface area contributed by atoms with Gasteiger partial charge in [-0.2, -0.15) is 0 Å². The van der Waals surface area contributed by atoms with Crippen LogP contribution in [0.2, 0.25) is 10.0 Å². The zero-order chi connectivity index (χ0) is 21.5. The molecule has 9 heteroatoms. The highest BCUT2D eigenvalue weighted by Crippen LogP contribution is 2.28. The Bertz CT molecular complexity index is 1560. The maximum absolute atomic E-state index is 9.92. The summed E-state index contributed by atoms with van der Waals surface area (Å²) in [4.78, 5) is 17.4. The molecule has 2 aromatic heterocycles. The van der Waals surface area contributed by atoms with Gasteiger partial charge in [0.15, 0.2) is 9.79 Å². The van der Waals surface area contributed by atoms with Crippen LogP contribution in [0.15, 0.2) is 64.6 Å². The average molecular weight is 483 g/mol. The fourth-order valence-electron chi connectivity index (χ4n) is 3.14. The van der Waals surface area contributed by atoms with Crippen molar-refractivity contribution in [1.82, 2.24) is 9.97 Å². The number of thiazole rings is 1. The highest BCUT2D eigenvalue weighted by Gasteiger charge is 2.13. The van der Waals surface area contributed by atoms with Crippen molar-refractivity contribution in [3.63, 3.8) is 0 Å². The molecule has 1 aliphatic rings. The number of aromatic nitrogens is 2. The molecule has 2 aromatic carbocycles. The Morgan fingerprint density at radius 1 is 0.968 bits per heavy atom. The summed E-state index contributed by atoms with van der Waals surface area (Å²) in [5.74, 6) is 0.599. The molecule has 0 unspecified atom stereocenters. The Labute approximate surface area is 195 Å². The maximum Gasteiger partial charge on any atom is 0.207 e. The minimum Gasteiger partial charge on any atom is -0.494 e. The van der Waals surface area contributed by atoms with Gasteiger partial charge in [-0.25, -0.2) is 15.0 Å². The van der Waals surface area contributed by atoms with Crippen LogP contribution in [0.5, 0.6) is 5.88 Å². The Balaban J connectivity index is 1.51. The van der Waals surface area contributed by atoms with Crippen molar-refractivity contribution >= 4 is 64.4 Å². The van der Waals surface area contributed by atoms with Gasteiger partial charge in [0.2, 0.25) is 5.88 Å². The lowest BCUT2D eigenvalue weighted by molar-refractivity contribution is 0.456. The van der Waals surface area contributed by atoms with Gasteiger partial charge in [0, 0.05) is 5.56 Å². The number of fused-ring (bicyclic) bond motifs is 1. The third-order valence-electron chi connectivity index (χ3n) is 4.60. The van der Waals surface area contributed by atoms with E-state index in [0.29, 0.717) is 30.4 Å². The van der Waals surface area contributed by atoms with E-state index in [-0.39, 0.29) is 5.88 Å². The average Bonchev–Trinajstić information content (AvgIpc) is 3.32. The number of aliphatic imine (C=N–C) groups is 1. The van der Waals surface area contributed by atoms with Gasteiger partial charge in [-0.15, -0.1) is 11.3 Å². The second-order valence-corrected chi connectivity index (χ2v) is 9.24. The Morgan fingerprint density at radius 3 is 2.58 bits per heavy atom. The summed E-state index contributed by atoms with van der Waals surface area (Å²) in [6.45, 7) is 0. The number of hydrogen-bond donors (Lipinski definition) is 2. The largest absolute Gasteiger partial charge is 0.494 e. The van der Waals surface area contributed by atoms with Crippen molar-refractivity contribution in [1.29, 1.82) is 0 Å². The second kappa shape index (κ2) is 8.01. The molecule has 0 radical (unpaired) electrons. The van der Waals surface area contributed by atoms with Crippen LogP contribution in [0.25, 0.3) is 17.3 Å². The van der Waals surface area contributed by atoms with Crippen LogP contribution in [-0.2, 0) is 0 Å². The minimum atomic E-state index is 0.0627. The van der Waals surface area contributed by atoms with Gasteiger partial charge >= 0.3 is 0 Å². The van der Waals surface area contributed by atoms with E-state index < -0.39 is 0 Å². The van der Waals surface area contributed by atoms with Crippen LogP contribution in [0, 0.1) is 3.95 Å². The van der Waals surface area contributed by atoms with E-state index in [2.05, 4.69) is 15.0 Å². The molecule has 0 amide bonds. The minimum absolute atomic E-state index is 0.0627. The predicted molar refractivity (Wildman–Crippen MR) is 128 cm³/mol. The molecule has 1 aliphatic heterocycles. The summed E-state index contributed by atoms with van der Waals surface area (Å²) in [6.07, 6.45) is 1.85. The highest BCUT2D eigenvalue weighted by atomic mass is 35.5. The molecule has 4 aromatic rings. The number of H-pyrrole nitrogens is 1. The summed E-state index contributed by atoms with van der Waals surface area (Å²) in [5, 5.41) is 12.5. The molecule has 3 heterocycles. The molecule has 0 fully saturated rings. The monoisotopic (exact) mass is 482 g/mol. The number of hydrogen-bond acceptors (Lipinski definition) is 6. The smallest absolute Gasteiger partial charge is 0.207 e. The van der Waals surface area contributed by atoms with Gasteiger partial charge < -0.3 is 10.1 Å². The number of amidine groups is 1. The first kappa shape index (κ1) is 20.1. The van der Waals surface area contributed by atoms with Crippen LogP contribution < -0.4 is 10.6 Å². The van der Waals surface area contributed by atoms with E-state index in [9.17, 15) is 5.11 Å². The standard InChI is InChI=1S/C22H12Cl2N4OS2/c23-13-6-5-12(10-14(13)24)15-2-1-3-17(25-15)20-26-16-7-4-11(8-18(16)27-20)9-19-21(29)28-22(30)31-19/h1-10,29H,(H,28,30). The number of halogens is 2. The molecule has 0 atom stereocenters. The van der Waals surface area contributed by atoms with Crippen LogP contribution in [0.1, 0.15) is 10.6 Å². The first-order chi connectivity index (χ1) is 15.0. The summed E-state index contributed by atoms with van der Waals surface area (Å²) >= 11 is 18.5. The van der Waals surface area contributed by atoms with Crippen molar-refractivity contribution in [3.8, 4) is 17.1 Å². The van der Waals surface area contributed by atoms with Crippen molar-refractivity contribution in [2.75, 3.05) is 0 Å². The van der Waals surface area contributed by atoms with Crippen molar-refractivity contribution in [2.24, 2.45) is 9.98 Å². The molecule has 2 N–H and O–H groups in total. The van der Waals surface area contributed by atoms with Gasteiger partial charge in [0.1, 0.15) is 5.69 Å². The molecule has 5 nitrogen and oxygen atoms in total. The second-order valence-electron chi connectivity index (χ2n) is 6.70. The number of aromatic amines is 1. The van der Waals surface area contributed by atoms with Crippen LogP contribution in [0.3, 0.4) is 0 Å². The fraction of sp³-hybridized carbons (Fsp3) is 0. The fourth-order valence-corrected chi connectivity index (χ4v) is 4.49. The molecular formula is C22H12Cl2N4OS2. The van der Waals surface area contributed by atoms with E-state index in [1.54, 1.807) is 12.1 Å². The summed E-state index contributed by atoms with van der Waals surface area (Å²) in [6, 6.07) is 16.8. The number of aromatic hydroxyl groups is 1. The quantitative estimate of drug-likeness (QED) is 0.382. The Morgan fingerprint density at radius 2 is 1.81 bits per heavy atom. The summed E-state index contributed by atoms with van der Waals surface area (Å²) in [7, 11) is 0. The zero-order valence-corrected chi connectivity index (χ0v) is 18.8. The zero-order valence-electron chi connectivity index (χ0n) is 15.6. The van der Waals surface area contributed by atoms with Gasteiger partial charge in [0.05, 0.1) is 31.7 Å². The summed E-state index contributed by atoms with van der Waals surface area (Å²) in [5.41, 5.74) is 3.01. The van der Waals surface area contributed by atoms with Gasteiger partial charge in [-0.3, -0.25) is 0 Å². The maximum atomic E-state index is 9.92. The first-order valence-corrected chi connectivity index (χ1v) is 11.1. The predicted octanol–water partition coefficient (Wildman–Crippen LogP) is 5.42. The molecular weight excluding hydrogens is 471 g/mol. The van der Waals surface area contributed by atoms with Gasteiger partial charge in [0.25, 0.3) is 0 Å². The van der Waals surface area contributed by atoms with Crippen LogP contribution in [-0.4, -0.2) is 20.9 Å². The third-order valence-corrected chi connectivity index (χ3v) is 6.51. The molecule has 0 saturated carbocycles. The number of nitrogens with zero attached hydrogens (tertiary/aromatic N) is 3. The van der Waals surface area contributed by atoms with Crippen LogP contribution in [0.4, 0.5) is 5.69 Å². The molecule has 0 saturated heterocycles. The normalized spacial score (nSPS) is 13.1. The molecule has 0 aliphatic carbocycles. The highest BCUT2D eigenvalue weighted by molar-refractivity contribution is 7.73. The Hall–Kier alpha value is -2.84. The molecule has 0 bridgehead atoms. The molecule has 0 spiro atoms. The number of nitrogens with one attached hydrogen (secondary N) is 1. The van der Waals surface area contributed by atoms with E-state index in [4.69, 9.17) is 40.4 Å². The van der Waals surface area contributed by atoms with Gasteiger partial charge in [-0.1, -0.05) is 41.4 Å². The Kier molecular flexibility index (Phi) is 5.19. The topological polar surface area (TPSA) is 73.6 Å². The first-order valence-electron chi connectivity index (χ1n) is 9.10. The lowest BCUT2D eigenvalue weighted by Gasteiger charge is -2.05. The lowest BCUT2D eigenvalue weighted by atomic mass is 10.1. The SMILES string of the molecule is Oc1[nH]c(=S)sc1C=c1ccc2c(c1)N=C(c1cccc(-c3ccc(Cl)c(Cl)c3)n1)N=2. The molecule has 152 valence electrons. The van der Waals surface area contributed by atoms with E-state index in [1.807, 2.05) is 48.5 Å². The third kappa shape index (κ3) is 4.05.